The van der Waals surface area contributed by atoms with Gasteiger partial charge in [0.05, 0.1) is 17.4 Å². The van der Waals surface area contributed by atoms with Crippen molar-refractivity contribution in [2.24, 2.45) is 0 Å². The lowest BCUT2D eigenvalue weighted by Gasteiger charge is -2.24. The van der Waals surface area contributed by atoms with Crippen LogP contribution in [0.25, 0.3) is 0 Å². The van der Waals surface area contributed by atoms with Gasteiger partial charge in [0.1, 0.15) is 0 Å². The van der Waals surface area contributed by atoms with Gasteiger partial charge in [-0.3, -0.25) is 14.4 Å². The number of rotatable bonds is 6. The molecule has 0 radical (unpaired) electrons. The quantitative estimate of drug-likeness (QED) is 0.695. The van der Waals surface area contributed by atoms with Gasteiger partial charge < -0.3 is 15.4 Å². The average molecular weight is 413 g/mol. The molecule has 2 aromatic rings. The molecule has 0 saturated heterocycles. The molecule has 29 heavy (non-hydrogen) atoms. The zero-order valence-electron chi connectivity index (χ0n) is 16.6. The number of hydrogen-bond acceptors (Lipinski definition) is 5. The van der Waals surface area contributed by atoms with Crippen LogP contribution in [0.1, 0.15) is 38.7 Å². The molecular formula is C22H24N2O4S. The van der Waals surface area contributed by atoms with Gasteiger partial charge in [0, 0.05) is 10.6 Å². The van der Waals surface area contributed by atoms with Gasteiger partial charge in [0.2, 0.25) is 5.91 Å². The van der Waals surface area contributed by atoms with Crippen LogP contribution in [0.2, 0.25) is 0 Å². The number of ether oxygens (including phenoxy) is 1. The molecule has 1 heterocycles. The zero-order chi connectivity index (χ0) is 21.0. The topological polar surface area (TPSA) is 84.5 Å². The SMILES string of the molecule is CC(C)c1ccccc1NC(=O)[C@H](C)OC(=O)C[C@H]1Sc2ccccc2NC1=O. The van der Waals surface area contributed by atoms with Crippen LogP contribution in [0.4, 0.5) is 11.4 Å². The number of thioether (sulfide) groups is 1. The standard InChI is InChI=1S/C22H24N2O4S/c1-13(2)15-8-4-5-9-16(15)23-21(26)14(3)28-20(25)12-19-22(27)24-17-10-6-7-11-18(17)29-19/h4-11,13-14,19H,12H2,1-3H3,(H,23,26)(H,24,27)/t14-,19+/m0/s1. The summed E-state index contributed by atoms with van der Waals surface area (Å²) in [7, 11) is 0. The molecule has 2 amide bonds. The molecule has 1 aliphatic heterocycles. The number of hydrogen-bond donors (Lipinski definition) is 2. The maximum atomic E-state index is 12.5. The van der Waals surface area contributed by atoms with E-state index in [0.29, 0.717) is 5.69 Å². The van der Waals surface area contributed by atoms with Crippen LogP contribution in [0.15, 0.2) is 53.4 Å². The zero-order valence-corrected chi connectivity index (χ0v) is 17.4. The highest BCUT2D eigenvalue weighted by Crippen LogP contribution is 2.36. The second kappa shape index (κ2) is 9.13. The molecule has 0 aromatic heterocycles. The van der Waals surface area contributed by atoms with E-state index in [-0.39, 0.29) is 18.2 Å². The summed E-state index contributed by atoms with van der Waals surface area (Å²) >= 11 is 1.32. The first kappa shape index (κ1) is 20.9. The Morgan fingerprint density at radius 1 is 1.10 bits per heavy atom. The summed E-state index contributed by atoms with van der Waals surface area (Å²) in [6.07, 6.45) is -1.07. The van der Waals surface area contributed by atoms with Crippen molar-refractivity contribution in [3.05, 3.63) is 54.1 Å². The molecule has 1 aliphatic rings. The third-order valence-electron chi connectivity index (χ3n) is 4.58. The van der Waals surface area contributed by atoms with Gasteiger partial charge in [-0.15, -0.1) is 11.8 Å². The number of fused-ring (bicyclic) bond motifs is 1. The number of para-hydroxylation sites is 2. The van der Waals surface area contributed by atoms with E-state index in [9.17, 15) is 14.4 Å². The number of esters is 1. The minimum Gasteiger partial charge on any atom is -0.452 e. The minimum atomic E-state index is -0.966. The van der Waals surface area contributed by atoms with Crippen LogP contribution in [0.3, 0.4) is 0 Å². The van der Waals surface area contributed by atoms with Crippen molar-refractivity contribution in [3.63, 3.8) is 0 Å². The Bertz CT molecular complexity index is 929. The summed E-state index contributed by atoms with van der Waals surface area (Å²) in [6, 6.07) is 15.0. The lowest BCUT2D eigenvalue weighted by molar-refractivity contribution is -0.153. The van der Waals surface area contributed by atoms with E-state index >= 15 is 0 Å². The normalized spacial score (nSPS) is 16.6. The Balaban J connectivity index is 1.57. The fourth-order valence-electron chi connectivity index (χ4n) is 3.03. The number of carbonyl (C=O) groups excluding carboxylic acids is 3. The van der Waals surface area contributed by atoms with Gasteiger partial charge in [-0.05, 0) is 36.6 Å². The van der Waals surface area contributed by atoms with Crippen molar-refractivity contribution in [2.75, 3.05) is 10.6 Å². The number of benzene rings is 2. The summed E-state index contributed by atoms with van der Waals surface area (Å²) in [6.45, 7) is 5.60. The largest absolute Gasteiger partial charge is 0.452 e. The summed E-state index contributed by atoms with van der Waals surface area (Å²) < 4.78 is 5.28. The summed E-state index contributed by atoms with van der Waals surface area (Å²) in [5, 5.41) is 5.03. The average Bonchev–Trinajstić information content (AvgIpc) is 2.68. The first-order valence-electron chi connectivity index (χ1n) is 9.51. The Labute approximate surface area is 174 Å². The van der Waals surface area contributed by atoms with E-state index in [2.05, 4.69) is 10.6 Å². The third kappa shape index (κ3) is 5.17. The number of amides is 2. The van der Waals surface area contributed by atoms with Gasteiger partial charge in [0.25, 0.3) is 5.91 Å². The molecule has 2 aromatic carbocycles. The molecule has 6 nitrogen and oxygen atoms in total. The fraction of sp³-hybridized carbons (Fsp3) is 0.318. The van der Waals surface area contributed by atoms with E-state index in [1.807, 2.05) is 62.4 Å². The first-order chi connectivity index (χ1) is 13.8. The molecule has 2 atom stereocenters. The van der Waals surface area contributed by atoms with Gasteiger partial charge in [-0.2, -0.15) is 0 Å². The summed E-state index contributed by atoms with van der Waals surface area (Å²) in [5.41, 5.74) is 2.45. The maximum absolute atomic E-state index is 12.5. The number of anilines is 2. The van der Waals surface area contributed by atoms with Gasteiger partial charge in [0.15, 0.2) is 6.10 Å². The highest BCUT2D eigenvalue weighted by Gasteiger charge is 2.30. The number of carbonyl (C=O) groups is 3. The van der Waals surface area contributed by atoms with Crippen molar-refractivity contribution in [1.82, 2.24) is 0 Å². The first-order valence-corrected chi connectivity index (χ1v) is 10.4. The van der Waals surface area contributed by atoms with Crippen molar-refractivity contribution in [3.8, 4) is 0 Å². The van der Waals surface area contributed by atoms with Crippen molar-refractivity contribution >= 4 is 40.9 Å². The van der Waals surface area contributed by atoms with Gasteiger partial charge >= 0.3 is 5.97 Å². The van der Waals surface area contributed by atoms with Crippen LogP contribution in [0.5, 0.6) is 0 Å². The Morgan fingerprint density at radius 3 is 2.55 bits per heavy atom. The van der Waals surface area contributed by atoms with Crippen molar-refractivity contribution < 1.29 is 19.1 Å². The lowest BCUT2D eigenvalue weighted by Crippen LogP contribution is -2.34. The molecular weight excluding hydrogens is 388 g/mol. The Morgan fingerprint density at radius 2 is 1.79 bits per heavy atom. The Hall–Kier alpha value is -2.80. The monoisotopic (exact) mass is 412 g/mol. The number of nitrogens with one attached hydrogen (secondary N) is 2. The van der Waals surface area contributed by atoms with Crippen LogP contribution in [-0.2, 0) is 19.1 Å². The molecule has 0 saturated carbocycles. The second-order valence-corrected chi connectivity index (χ2v) is 8.40. The fourth-order valence-corrected chi connectivity index (χ4v) is 4.12. The Kier molecular flexibility index (Phi) is 6.59. The highest BCUT2D eigenvalue weighted by molar-refractivity contribution is 8.01. The minimum absolute atomic E-state index is 0.106. The summed E-state index contributed by atoms with van der Waals surface area (Å²) in [5.74, 6) is -0.989. The molecule has 0 aliphatic carbocycles. The molecule has 2 N–H and O–H groups in total. The molecule has 152 valence electrons. The molecule has 0 spiro atoms. The summed E-state index contributed by atoms with van der Waals surface area (Å²) in [4.78, 5) is 37.9. The van der Waals surface area contributed by atoms with E-state index in [1.54, 1.807) is 0 Å². The van der Waals surface area contributed by atoms with E-state index in [0.717, 1.165) is 16.1 Å². The molecule has 0 fully saturated rings. The third-order valence-corrected chi connectivity index (χ3v) is 5.85. The highest BCUT2D eigenvalue weighted by atomic mass is 32.2. The van der Waals surface area contributed by atoms with Crippen LogP contribution < -0.4 is 10.6 Å². The van der Waals surface area contributed by atoms with Crippen molar-refractivity contribution in [1.29, 1.82) is 0 Å². The molecule has 0 bridgehead atoms. The maximum Gasteiger partial charge on any atom is 0.308 e. The van der Waals surface area contributed by atoms with Gasteiger partial charge in [-0.25, -0.2) is 0 Å². The van der Waals surface area contributed by atoms with Crippen LogP contribution >= 0.6 is 11.8 Å². The molecule has 7 heteroatoms. The predicted molar refractivity (Wildman–Crippen MR) is 114 cm³/mol. The smallest absolute Gasteiger partial charge is 0.308 e. The van der Waals surface area contributed by atoms with Gasteiger partial charge in [-0.1, -0.05) is 44.2 Å². The molecule has 0 unspecified atom stereocenters. The van der Waals surface area contributed by atoms with Crippen LogP contribution in [0, 0.1) is 0 Å². The molecule has 3 rings (SSSR count). The second-order valence-electron chi connectivity index (χ2n) is 7.16. The van der Waals surface area contributed by atoms with E-state index in [1.165, 1.54) is 18.7 Å². The van der Waals surface area contributed by atoms with Crippen LogP contribution in [-0.4, -0.2) is 29.1 Å². The lowest BCUT2D eigenvalue weighted by atomic mass is 10.0. The predicted octanol–water partition coefficient (Wildman–Crippen LogP) is 4.18. The van der Waals surface area contributed by atoms with E-state index < -0.39 is 23.2 Å². The van der Waals surface area contributed by atoms with E-state index in [4.69, 9.17) is 4.74 Å². The van der Waals surface area contributed by atoms with Crippen molar-refractivity contribution in [2.45, 2.75) is 49.4 Å².